The fourth-order valence-corrected chi connectivity index (χ4v) is 2.51. The molecular weight excluding hydrogens is 164 g/mol. The van der Waals surface area contributed by atoms with Crippen LogP contribution in [-0.2, 0) is 4.74 Å². The van der Waals surface area contributed by atoms with Crippen LogP contribution in [0.1, 0.15) is 39.0 Å². The van der Waals surface area contributed by atoms with Crippen LogP contribution in [0.15, 0.2) is 11.8 Å². The maximum atomic E-state index is 10.5. The lowest BCUT2D eigenvalue weighted by molar-refractivity contribution is -0.00908. The molecule has 2 nitrogen and oxygen atoms in total. The van der Waals surface area contributed by atoms with Gasteiger partial charge in [-0.25, -0.2) is 0 Å². The van der Waals surface area contributed by atoms with Crippen molar-refractivity contribution >= 4 is 0 Å². The molecule has 2 atom stereocenters. The Morgan fingerprint density at radius 3 is 3.00 bits per heavy atom. The predicted octanol–water partition coefficient (Wildman–Crippen LogP) is 2.23. The largest absolute Gasteiger partial charge is 0.501 e. The van der Waals surface area contributed by atoms with Gasteiger partial charge in [-0.2, -0.15) is 0 Å². The van der Waals surface area contributed by atoms with Crippen LogP contribution in [0.4, 0.5) is 0 Å². The molecule has 1 saturated carbocycles. The highest BCUT2D eigenvalue weighted by Gasteiger charge is 2.40. The van der Waals surface area contributed by atoms with Crippen LogP contribution in [0, 0.1) is 5.92 Å². The molecular formula is C11H18O2. The van der Waals surface area contributed by atoms with Crippen molar-refractivity contribution in [3.63, 3.8) is 0 Å². The molecule has 0 bridgehead atoms. The molecule has 0 aromatic heterocycles. The van der Waals surface area contributed by atoms with E-state index in [1.54, 1.807) is 6.26 Å². The Bertz CT molecular complexity index is 222. The van der Waals surface area contributed by atoms with Crippen molar-refractivity contribution in [3.05, 3.63) is 11.8 Å². The minimum Gasteiger partial charge on any atom is -0.501 e. The van der Waals surface area contributed by atoms with Crippen LogP contribution < -0.4 is 0 Å². The van der Waals surface area contributed by atoms with Crippen LogP contribution in [0.3, 0.4) is 0 Å². The maximum absolute atomic E-state index is 10.5. The van der Waals surface area contributed by atoms with Gasteiger partial charge in [0.2, 0.25) is 0 Å². The summed E-state index contributed by atoms with van der Waals surface area (Å²) in [6.45, 7) is 2.91. The molecule has 2 aliphatic rings. The second kappa shape index (κ2) is 3.33. The van der Waals surface area contributed by atoms with Crippen LogP contribution in [0.25, 0.3) is 0 Å². The van der Waals surface area contributed by atoms with E-state index in [2.05, 4.69) is 6.92 Å². The molecule has 0 spiro atoms. The summed E-state index contributed by atoms with van der Waals surface area (Å²) in [5, 5.41) is 10.5. The third kappa shape index (κ3) is 1.48. The summed E-state index contributed by atoms with van der Waals surface area (Å²) in [6.07, 6.45) is 7.18. The molecule has 2 unspecified atom stereocenters. The minimum absolute atomic E-state index is 0.397. The van der Waals surface area contributed by atoms with E-state index in [9.17, 15) is 5.11 Å². The van der Waals surface area contributed by atoms with E-state index in [0.717, 1.165) is 37.9 Å². The van der Waals surface area contributed by atoms with Crippen LogP contribution in [0.2, 0.25) is 0 Å². The standard InChI is InChI=1S/C11H18O2/c1-9-4-2-3-6-11(9,12)10-5-7-13-8-10/h8-9,12H,2-7H2,1H3. The first-order valence-corrected chi connectivity index (χ1v) is 5.27. The topological polar surface area (TPSA) is 29.5 Å². The summed E-state index contributed by atoms with van der Waals surface area (Å²) in [5.74, 6) is 0.397. The zero-order chi connectivity index (χ0) is 9.31. The molecule has 1 N–H and O–H groups in total. The van der Waals surface area contributed by atoms with E-state index in [0.29, 0.717) is 5.92 Å². The molecule has 1 heterocycles. The zero-order valence-electron chi connectivity index (χ0n) is 8.25. The average molecular weight is 182 g/mol. The smallest absolute Gasteiger partial charge is 0.0915 e. The third-order valence-corrected chi connectivity index (χ3v) is 3.53. The highest BCUT2D eigenvalue weighted by atomic mass is 16.5. The second-order valence-electron chi connectivity index (χ2n) is 4.33. The first kappa shape index (κ1) is 9.07. The van der Waals surface area contributed by atoms with Gasteiger partial charge < -0.3 is 9.84 Å². The number of hydrogen-bond acceptors (Lipinski definition) is 2. The molecule has 13 heavy (non-hydrogen) atoms. The highest BCUT2D eigenvalue weighted by Crippen LogP contribution is 2.41. The van der Waals surface area contributed by atoms with Gasteiger partial charge in [0.25, 0.3) is 0 Å². The number of ether oxygens (including phenoxy) is 1. The Morgan fingerprint density at radius 1 is 1.54 bits per heavy atom. The SMILES string of the molecule is CC1CCCCC1(O)C1=COCC1. The highest BCUT2D eigenvalue weighted by molar-refractivity contribution is 5.19. The van der Waals surface area contributed by atoms with Crippen molar-refractivity contribution < 1.29 is 9.84 Å². The molecule has 0 saturated heterocycles. The number of aliphatic hydroxyl groups is 1. The fourth-order valence-electron chi connectivity index (χ4n) is 2.51. The van der Waals surface area contributed by atoms with Crippen molar-refractivity contribution in [1.82, 2.24) is 0 Å². The summed E-state index contributed by atoms with van der Waals surface area (Å²) >= 11 is 0. The number of rotatable bonds is 1. The minimum atomic E-state index is -0.547. The van der Waals surface area contributed by atoms with Crippen LogP contribution in [-0.4, -0.2) is 17.3 Å². The van der Waals surface area contributed by atoms with Gasteiger partial charge in [-0.15, -0.1) is 0 Å². The molecule has 0 radical (unpaired) electrons. The summed E-state index contributed by atoms with van der Waals surface area (Å²) in [7, 11) is 0. The quantitative estimate of drug-likeness (QED) is 0.674. The third-order valence-electron chi connectivity index (χ3n) is 3.53. The Morgan fingerprint density at radius 2 is 2.38 bits per heavy atom. The monoisotopic (exact) mass is 182 g/mol. The van der Waals surface area contributed by atoms with Gasteiger partial charge in [0.1, 0.15) is 0 Å². The Balaban J connectivity index is 2.16. The van der Waals surface area contributed by atoms with Gasteiger partial charge in [-0.1, -0.05) is 19.8 Å². The molecule has 0 aromatic carbocycles. The van der Waals surface area contributed by atoms with Crippen LogP contribution >= 0.6 is 0 Å². The maximum Gasteiger partial charge on any atom is 0.0915 e. The molecule has 0 aromatic rings. The molecule has 1 fully saturated rings. The second-order valence-corrected chi connectivity index (χ2v) is 4.33. The first-order valence-electron chi connectivity index (χ1n) is 5.27. The van der Waals surface area contributed by atoms with Crippen molar-refractivity contribution in [1.29, 1.82) is 0 Å². The molecule has 74 valence electrons. The number of hydrogen-bond donors (Lipinski definition) is 1. The summed E-state index contributed by atoms with van der Waals surface area (Å²) < 4.78 is 5.20. The molecule has 2 rings (SSSR count). The van der Waals surface area contributed by atoms with Crippen LogP contribution in [0.5, 0.6) is 0 Å². The lowest BCUT2D eigenvalue weighted by atomic mass is 9.72. The van der Waals surface area contributed by atoms with E-state index in [1.807, 2.05) is 0 Å². The van der Waals surface area contributed by atoms with E-state index in [-0.39, 0.29) is 0 Å². The summed E-state index contributed by atoms with van der Waals surface area (Å²) in [5.41, 5.74) is 0.578. The fraction of sp³-hybridized carbons (Fsp3) is 0.818. The lowest BCUT2D eigenvalue weighted by Gasteiger charge is -2.38. The zero-order valence-corrected chi connectivity index (χ0v) is 8.25. The Kier molecular flexibility index (Phi) is 2.33. The van der Waals surface area contributed by atoms with Gasteiger partial charge >= 0.3 is 0 Å². The van der Waals surface area contributed by atoms with Gasteiger partial charge in [0, 0.05) is 6.42 Å². The Hall–Kier alpha value is -0.500. The van der Waals surface area contributed by atoms with E-state index in [4.69, 9.17) is 4.74 Å². The average Bonchev–Trinajstić information content (AvgIpc) is 2.63. The van der Waals surface area contributed by atoms with Gasteiger partial charge in [0.15, 0.2) is 0 Å². The molecule has 2 heteroatoms. The van der Waals surface area contributed by atoms with Crippen molar-refractivity contribution in [2.45, 2.75) is 44.6 Å². The Labute approximate surface area is 79.6 Å². The molecule has 0 amide bonds. The van der Waals surface area contributed by atoms with E-state index >= 15 is 0 Å². The normalized spacial score (nSPS) is 39.8. The van der Waals surface area contributed by atoms with Gasteiger partial charge in [-0.05, 0) is 24.3 Å². The summed E-state index contributed by atoms with van der Waals surface area (Å²) in [6, 6.07) is 0. The van der Waals surface area contributed by atoms with E-state index < -0.39 is 5.60 Å². The van der Waals surface area contributed by atoms with Crippen molar-refractivity contribution in [2.75, 3.05) is 6.61 Å². The predicted molar refractivity (Wildman–Crippen MR) is 51.2 cm³/mol. The van der Waals surface area contributed by atoms with Gasteiger partial charge in [-0.3, -0.25) is 0 Å². The van der Waals surface area contributed by atoms with Crippen molar-refractivity contribution in [2.24, 2.45) is 5.92 Å². The van der Waals surface area contributed by atoms with E-state index in [1.165, 1.54) is 6.42 Å². The lowest BCUT2D eigenvalue weighted by Crippen LogP contribution is -2.40. The molecule has 1 aliphatic carbocycles. The molecule has 1 aliphatic heterocycles. The van der Waals surface area contributed by atoms with Crippen molar-refractivity contribution in [3.8, 4) is 0 Å². The first-order chi connectivity index (χ1) is 6.23. The van der Waals surface area contributed by atoms with Gasteiger partial charge in [0.05, 0.1) is 18.5 Å². The summed E-state index contributed by atoms with van der Waals surface area (Å²) in [4.78, 5) is 0.